The number of hydrogen-bond acceptors (Lipinski definition) is 5. The second kappa shape index (κ2) is 5.77. The summed E-state index contributed by atoms with van der Waals surface area (Å²) in [6.07, 6.45) is -0.267. The predicted octanol–water partition coefficient (Wildman–Crippen LogP) is -1.66. The maximum Gasteiger partial charge on any atom is 0.0897 e. The maximum absolute atomic E-state index is 9.56. The number of aliphatic hydroxyl groups is 3. The van der Waals surface area contributed by atoms with Crippen LogP contribution in [0.1, 0.15) is 6.42 Å². The molecule has 0 bridgehead atoms. The van der Waals surface area contributed by atoms with Crippen molar-refractivity contribution < 1.29 is 15.3 Å². The van der Waals surface area contributed by atoms with Gasteiger partial charge in [-0.1, -0.05) is 0 Å². The molecule has 0 spiro atoms. The van der Waals surface area contributed by atoms with Gasteiger partial charge < -0.3 is 20.2 Å². The molecule has 5 nitrogen and oxygen atoms in total. The molecule has 0 aromatic rings. The van der Waals surface area contributed by atoms with E-state index in [0.717, 1.165) is 13.0 Å². The Kier molecular flexibility index (Phi) is 4.95. The second-order valence-corrected chi connectivity index (χ2v) is 4.60. The zero-order valence-corrected chi connectivity index (χ0v) is 9.50. The summed E-state index contributed by atoms with van der Waals surface area (Å²) in [5.41, 5.74) is 0. The lowest BCUT2D eigenvalue weighted by atomic mass is 10.2. The Hall–Kier alpha value is -0.200. The summed E-state index contributed by atoms with van der Waals surface area (Å²) < 4.78 is 0. The zero-order chi connectivity index (χ0) is 11.4. The van der Waals surface area contributed by atoms with E-state index in [1.54, 1.807) is 0 Å². The minimum absolute atomic E-state index is 0.221. The highest BCUT2D eigenvalue weighted by Gasteiger charge is 2.31. The van der Waals surface area contributed by atoms with Gasteiger partial charge in [0, 0.05) is 25.7 Å². The van der Waals surface area contributed by atoms with Gasteiger partial charge in [-0.05, 0) is 20.5 Å². The summed E-state index contributed by atoms with van der Waals surface area (Å²) in [6, 6.07) is 0.274. The lowest BCUT2D eigenvalue weighted by Crippen LogP contribution is -2.42. The monoisotopic (exact) mass is 218 g/mol. The molecular formula is C10H22N2O3. The van der Waals surface area contributed by atoms with Gasteiger partial charge in [0.15, 0.2) is 0 Å². The summed E-state index contributed by atoms with van der Waals surface area (Å²) >= 11 is 0. The molecular weight excluding hydrogens is 196 g/mol. The molecule has 90 valence electrons. The first kappa shape index (κ1) is 12.9. The molecule has 0 aromatic carbocycles. The van der Waals surface area contributed by atoms with Gasteiger partial charge in [-0.2, -0.15) is 0 Å². The molecule has 1 heterocycles. The van der Waals surface area contributed by atoms with E-state index >= 15 is 0 Å². The van der Waals surface area contributed by atoms with Crippen LogP contribution in [0.5, 0.6) is 0 Å². The van der Waals surface area contributed by atoms with Crippen molar-refractivity contribution in [2.24, 2.45) is 0 Å². The third-order valence-electron chi connectivity index (χ3n) is 2.74. The molecule has 3 N–H and O–H groups in total. The summed E-state index contributed by atoms with van der Waals surface area (Å²) in [4.78, 5) is 4.12. The van der Waals surface area contributed by atoms with Gasteiger partial charge in [-0.3, -0.25) is 4.90 Å². The topological polar surface area (TPSA) is 67.2 Å². The summed E-state index contributed by atoms with van der Waals surface area (Å²) in [7, 11) is 3.98. The van der Waals surface area contributed by atoms with E-state index in [1.165, 1.54) is 0 Å². The van der Waals surface area contributed by atoms with Crippen LogP contribution in [0.15, 0.2) is 0 Å². The highest BCUT2D eigenvalue weighted by molar-refractivity contribution is 4.87. The Morgan fingerprint density at radius 1 is 1.47 bits per heavy atom. The van der Waals surface area contributed by atoms with Crippen LogP contribution in [-0.4, -0.2) is 83.7 Å². The molecule has 5 heteroatoms. The molecule has 0 saturated carbocycles. The quantitative estimate of drug-likeness (QED) is 0.515. The number of likely N-dealkylation sites (N-methyl/N-ethyl adjacent to an activating group) is 1. The largest absolute Gasteiger partial charge is 0.394 e. The van der Waals surface area contributed by atoms with Crippen molar-refractivity contribution in [1.82, 2.24) is 9.80 Å². The van der Waals surface area contributed by atoms with Crippen molar-refractivity contribution in [3.05, 3.63) is 0 Å². The normalized spacial score (nSPS) is 30.0. The van der Waals surface area contributed by atoms with E-state index in [2.05, 4.69) is 4.90 Å². The van der Waals surface area contributed by atoms with Crippen LogP contribution in [-0.2, 0) is 0 Å². The van der Waals surface area contributed by atoms with Crippen LogP contribution in [0.3, 0.4) is 0 Å². The van der Waals surface area contributed by atoms with Crippen molar-refractivity contribution in [2.75, 3.05) is 40.3 Å². The van der Waals surface area contributed by atoms with Crippen molar-refractivity contribution in [3.8, 4) is 0 Å². The maximum atomic E-state index is 9.56. The van der Waals surface area contributed by atoms with Gasteiger partial charge in [-0.15, -0.1) is 0 Å². The minimum Gasteiger partial charge on any atom is -0.394 e. The number of β-amino-alcohol motifs (C(OH)–C–C–N with tert-alkyl or cyclic N) is 2. The third-order valence-corrected chi connectivity index (χ3v) is 2.74. The molecule has 1 aliphatic heterocycles. The van der Waals surface area contributed by atoms with Crippen molar-refractivity contribution >= 4 is 0 Å². The van der Waals surface area contributed by atoms with Crippen LogP contribution in [0.25, 0.3) is 0 Å². The van der Waals surface area contributed by atoms with E-state index in [1.807, 2.05) is 19.0 Å². The van der Waals surface area contributed by atoms with E-state index in [4.69, 9.17) is 5.11 Å². The molecule has 0 aliphatic carbocycles. The van der Waals surface area contributed by atoms with Crippen LogP contribution in [0.4, 0.5) is 0 Å². The predicted molar refractivity (Wildman–Crippen MR) is 57.6 cm³/mol. The number of hydrogen-bond donors (Lipinski definition) is 3. The van der Waals surface area contributed by atoms with Gasteiger partial charge in [0.1, 0.15) is 0 Å². The minimum atomic E-state index is -0.708. The average molecular weight is 218 g/mol. The van der Waals surface area contributed by atoms with E-state index in [9.17, 15) is 10.2 Å². The highest BCUT2D eigenvalue weighted by atomic mass is 16.3. The Morgan fingerprint density at radius 3 is 2.67 bits per heavy atom. The van der Waals surface area contributed by atoms with E-state index in [-0.39, 0.29) is 18.8 Å². The first-order chi connectivity index (χ1) is 7.02. The Bertz CT molecular complexity index is 190. The number of nitrogens with zero attached hydrogens (tertiary/aromatic N) is 2. The lowest BCUT2D eigenvalue weighted by Gasteiger charge is -2.27. The fourth-order valence-corrected chi connectivity index (χ4v) is 2.12. The Balaban J connectivity index is 2.45. The van der Waals surface area contributed by atoms with Crippen molar-refractivity contribution in [2.45, 2.75) is 24.7 Å². The number of aliphatic hydroxyl groups excluding tert-OH is 3. The Labute approximate surface area is 90.9 Å². The van der Waals surface area contributed by atoms with Gasteiger partial charge >= 0.3 is 0 Å². The standard InChI is InChI=1S/C10H22N2O3/c1-11(2)4-8-3-9(14)5-12(8)6-10(15)7-13/h8-10,13-15H,3-7H2,1-2H3. The van der Waals surface area contributed by atoms with Crippen LogP contribution < -0.4 is 0 Å². The average Bonchev–Trinajstić information content (AvgIpc) is 2.45. The fourth-order valence-electron chi connectivity index (χ4n) is 2.12. The van der Waals surface area contributed by atoms with E-state index in [0.29, 0.717) is 13.1 Å². The third kappa shape index (κ3) is 4.04. The number of likely N-dealkylation sites (tertiary alicyclic amines) is 1. The lowest BCUT2D eigenvalue weighted by molar-refractivity contribution is 0.0491. The van der Waals surface area contributed by atoms with Crippen molar-refractivity contribution in [3.63, 3.8) is 0 Å². The molecule has 0 radical (unpaired) electrons. The summed E-state index contributed by atoms with van der Waals surface area (Å²) in [5.74, 6) is 0. The first-order valence-electron chi connectivity index (χ1n) is 5.38. The zero-order valence-electron chi connectivity index (χ0n) is 9.50. The first-order valence-corrected chi connectivity index (χ1v) is 5.38. The van der Waals surface area contributed by atoms with Gasteiger partial charge in [0.25, 0.3) is 0 Å². The van der Waals surface area contributed by atoms with Crippen LogP contribution in [0.2, 0.25) is 0 Å². The van der Waals surface area contributed by atoms with Crippen LogP contribution in [0, 0.1) is 0 Å². The molecule has 1 aliphatic rings. The molecule has 0 aromatic heterocycles. The van der Waals surface area contributed by atoms with Crippen molar-refractivity contribution in [1.29, 1.82) is 0 Å². The van der Waals surface area contributed by atoms with Gasteiger partial charge in [0.05, 0.1) is 18.8 Å². The molecule has 3 unspecified atom stereocenters. The van der Waals surface area contributed by atoms with Crippen LogP contribution >= 0.6 is 0 Å². The molecule has 1 fully saturated rings. The molecule has 1 saturated heterocycles. The van der Waals surface area contributed by atoms with E-state index < -0.39 is 6.10 Å². The molecule has 1 rings (SSSR count). The fraction of sp³-hybridized carbons (Fsp3) is 1.00. The summed E-state index contributed by atoms with van der Waals surface area (Å²) in [6.45, 7) is 1.68. The Morgan fingerprint density at radius 2 is 2.13 bits per heavy atom. The smallest absolute Gasteiger partial charge is 0.0897 e. The molecule has 15 heavy (non-hydrogen) atoms. The number of rotatable bonds is 5. The SMILES string of the molecule is CN(C)CC1CC(O)CN1CC(O)CO. The molecule has 0 amide bonds. The second-order valence-electron chi connectivity index (χ2n) is 4.60. The highest BCUT2D eigenvalue weighted by Crippen LogP contribution is 2.18. The summed E-state index contributed by atoms with van der Waals surface area (Å²) in [5, 5.41) is 27.7. The van der Waals surface area contributed by atoms with Gasteiger partial charge in [0.2, 0.25) is 0 Å². The van der Waals surface area contributed by atoms with Gasteiger partial charge in [-0.25, -0.2) is 0 Å². The molecule has 3 atom stereocenters.